The molecule has 0 aliphatic carbocycles. The summed E-state index contributed by atoms with van der Waals surface area (Å²) in [6, 6.07) is 9.59. The van der Waals surface area contributed by atoms with Crippen molar-refractivity contribution in [2.45, 2.75) is 19.9 Å². The molecule has 0 radical (unpaired) electrons. The molecule has 3 heterocycles. The minimum absolute atomic E-state index is 0.0662. The minimum Gasteiger partial charge on any atom is -0.338 e. The van der Waals surface area contributed by atoms with Gasteiger partial charge in [0.2, 0.25) is 5.82 Å². The van der Waals surface area contributed by atoms with Gasteiger partial charge in [0, 0.05) is 43.4 Å². The predicted octanol–water partition coefficient (Wildman–Crippen LogP) is 2.22. The smallest absolute Gasteiger partial charge is 0.317 e. The second kappa shape index (κ2) is 6.62. The largest absolute Gasteiger partial charge is 0.338 e. The van der Waals surface area contributed by atoms with Crippen molar-refractivity contribution >= 4 is 6.03 Å². The fourth-order valence-electron chi connectivity index (χ4n) is 3.22. The number of aryl methyl sites for hydroxylation is 1. The Bertz CT molecular complexity index is 931. The molecule has 8 nitrogen and oxygen atoms in total. The van der Waals surface area contributed by atoms with E-state index in [1.54, 1.807) is 4.90 Å². The summed E-state index contributed by atoms with van der Waals surface area (Å²) in [7, 11) is 1.90. The summed E-state index contributed by atoms with van der Waals surface area (Å²) >= 11 is 0. The summed E-state index contributed by atoms with van der Waals surface area (Å²) in [5, 5.41) is 11.5. The molecule has 0 spiro atoms. The third-order valence-electron chi connectivity index (χ3n) is 4.52. The summed E-state index contributed by atoms with van der Waals surface area (Å²) < 4.78 is 7.31. The fraction of sp³-hybridized carbons (Fsp3) is 0.333. The zero-order valence-electron chi connectivity index (χ0n) is 14.8. The lowest BCUT2D eigenvalue weighted by molar-refractivity contribution is 0.192. The monoisotopic (exact) mass is 352 g/mol. The number of urea groups is 1. The number of nitrogens with one attached hydrogen (secondary N) is 1. The van der Waals surface area contributed by atoms with Crippen LogP contribution >= 0.6 is 0 Å². The van der Waals surface area contributed by atoms with Gasteiger partial charge in [0.15, 0.2) is 5.69 Å². The van der Waals surface area contributed by atoms with Gasteiger partial charge in [-0.1, -0.05) is 35.5 Å². The van der Waals surface area contributed by atoms with E-state index < -0.39 is 0 Å². The van der Waals surface area contributed by atoms with Crippen molar-refractivity contribution in [3.8, 4) is 23.0 Å². The van der Waals surface area contributed by atoms with Crippen LogP contribution in [0.25, 0.3) is 23.0 Å². The van der Waals surface area contributed by atoms with Gasteiger partial charge >= 0.3 is 6.03 Å². The first-order valence-corrected chi connectivity index (χ1v) is 8.64. The van der Waals surface area contributed by atoms with E-state index in [2.05, 4.69) is 20.6 Å². The van der Waals surface area contributed by atoms with E-state index in [-0.39, 0.29) is 6.03 Å². The Morgan fingerprint density at radius 2 is 2.12 bits per heavy atom. The Hall–Kier alpha value is -3.16. The van der Waals surface area contributed by atoms with Gasteiger partial charge in [-0.15, -0.1) is 0 Å². The molecule has 134 valence electrons. The average Bonchev–Trinajstić information content (AvgIpc) is 3.27. The highest BCUT2D eigenvalue weighted by Crippen LogP contribution is 2.30. The first-order chi connectivity index (χ1) is 12.7. The minimum atomic E-state index is -0.0662. The number of benzene rings is 1. The van der Waals surface area contributed by atoms with Crippen LogP contribution in [0, 0.1) is 0 Å². The maximum Gasteiger partial charge on any atom is 0.317 e. The molecule has 1 aliphatic rings. The Kier molecular flexibility index (Phi) is 4.16. The molecule has 0 unspecified atom stereocenters. The van der Waals surface area contributed by atoms with Gasteiger partial charge in [-0.3, -0.25) is 4.68 Å². The summed E-state index contributed by atoms with van der Waals surface area (Å²) in [6.45, 7) is 3.66. The number of nitrogens with zero attached hydrogens (tertiary/aromatic N) is 5. The summed E-state index contributed by atoms with van der Waals surface area (Å²) in [4.78, 5) is 18.5. The third kappa shape index (κ3) is 2.83. The van der Waals surface area contributed by atoms with E-state index in [0.717, 1.165) is 23.2 Å². The van der Waals surface area contributed by atoms with E-state index in [4.69, 9.17) is 4.52 Å². The second-order valence-corrected chi connectivity index (χ2v) is 6.19. The van der Waals surface area contributed by atoms with Crippen LogP contribution in [0.5, 0.6) is 0 Å². The first-order valence-electron chi connectivity index (χ1n) is 8.64. The normalized spacial score (nSPS) is 13.5. The van der Waals surface area contributed by atoms with E-state index in [9.17, 15) is 4.79 Å². The van der Waals surface area contributed by atoms with E-state index in [0.29, 0.717) is 37.0 Å². The van der Waals surface area contributed by atoms with Crippen LogP contribution in [0.1, 0.15) is 18.2 Å². The molecule has 4 rings (SSSR count). The maximum absolute atomic E-state index is 12.2. The van der Waals surface area contributed by atoms with Crippen molar-refractivity contribution in [1.29, 1.82) is 0 Å². The van der Waals surface area contributed by atoms with Gasteiger partial charge in [0.1, 0.15) is 0 Å². The van der Waals surface area contributed by atoms with Crippen molar-refractivity contribution in [3.63, 3.8) is 0 Å². The molecule has 3 aromatic rings. The van der Waals surface area contributed by atoms with Crippen LogP contribution < -0.4 is 5.32 Å². The molecular formula is C18H20N6O2. The summed E-state index contributed by atoms with van der Waals surface area (Å²) in [5.74, 6) is 0.898. The number of hydrogen-bond acceptors (Lipinski definition) is 5. The molecule has 0 fully saturated rings. The lowest BCUT2D eigenvalue weighted by atomic mass is 10.1. The highest BCUT2D eigenvalue weighted by Gasteiger charge is 2.29. The molecular weight excluding hydrogens is 332 g/mol. The van der Waals surface area contributed by atoms with Gasteiger partial charge in [0.05, 0.1) is 6.54 Å². The summed E-state index contributed by atoms with van der Waals surface area (Å²) in [6.07, 6.45) is 0.746. The van der Waals surface area contributed by atoms with E-state index in [1.807, 2.05) is 49.0 Å². The molecule has 1 N–H and O–H groups in total. The van der Waals surface area contributed by atoms with Gasteiger partial charge in [0.25, 0.3) is 5.89 Å². The topological polar surface area (TPSA) is 89.1 Å². The van der Waals surface area contributed by atoms with Crippen molar-refractivity contribution in [3.05, 3.63) is 41.6 Å². The molecule has 2 aromatic heterocycles. The molecule has 1 aliphatic heterocycles. The second-order valence-electron chi connectivity index (χ2n) is 6.19. The number of carbonyl (C=O) groups excluding carboxylic acids is 1. The first kappa shape index (κ1) is 16.3. The van der Waals surface area contributed by atoms with Crippen LogP contribution in [-0.2, 0) is 20.0 Å². The van der Waals surface area contributed by atoms with Crippen LogP contribution in [0.2, 0.25) is 0 Å². The molecule has 2 amide bonds. The maximum atomic E-state index is 12.2. The van der Waals surface area contributed by atoms with Gasteiger partial charge < -0.3 is 14.7 Å². The van der Waals surface area contributed by atoms with Crippen LogP contribution in [0.15, 0.2) is 34.9 Å². The highest BCUT2D eigenvalue weighted by atomic mass is 16.5. The summed E-state index contributed by atoms with van der Waals surface area (Å²) in [5.41, 5.74) is 3.59. The Balaban J connectivity index is 1.67. The number of carbonyl (C=O) groups is 1. The quantitative estimate of drug-likeness (QED) is 0.781. The zero-order valence-corrected chi connectivity index (χ0v) is 14.8. The van der Waals surface area contributed by atoms with Crippen molar-refractivity contribution in [1.82, 2.24) is 30.1 Å². The highest BCUT2D eigenvalue weighted by molar-refractivity contribution is 5.75. The fourth-order valence-corrected chi connectivity index (χ4v) is 3.22. The molecule has 26 heavy (non-hydrogen) atoms. The van der Waals surface area contributed by atoms with Crippen molar-refractivity contribution in [2.24, 2.45) is 7.05 Å². The van der Waals surface area contributed by atoms with Gasteiger partial charge in [-0.25, -0.2) is 4.79 Å². The van der Waals surface area contributed by atoms with Crippen molar-refractivity contribution < 1.29 is 9.32 Å². The third-order valence-corrected chi connectivity index (χ3v) is 4.52. The van der Waals surface area contributed by atoms with Gasteiger partial charge in [-0.05, 0) is 6.92 Å². The number of aromatic nitrogens is 4. The molecule has 0 atom stereocenters. The number of fused-ring (bicyclic) bond motifs is 1. The van der Waals surface area contributed by atoms with Crippen molar-refractivity contribution in [2.75, 3.05) is 13.1 Å². The Morgan fingerprint density at radius 3 is 2.88 bits per heavy atom. The molecule has 0 saturated carbocycles. The lowest BCUT2D eigenvalue weighted by Gasteiger charge is -2.27. The Morgan fingerprint density at radius 1 is 1.31 bits per heavy atom. The Labute approximate surface area is 150 Å². The van der Waals surface area contributed by atoms with Crippen LogP contribution in [-0.4, -0.2) is 43.9 Å². The number of rotatable bonds is 3. The predicted molar refractivity (Wildman–Crippen MR) is 95.1 cm³/mol. The van der Waals surface area contributed by atoms with Crippen LogP contribution in [0.4, 0.5) is 4.79 Å². The average molecular weight is 352 g/mol. The number of hydrogen-bond donors (Lipinski definition) is 1. The van der Waals surface area contributed by atoms with Gasteiger partial charge in [-0.2, -0.15) is 10.1 Å². The van der Waals surface area contributed by atoms with E-state index in [1.165, 1.54) is 0 Å². The standard InChI is InChI=1S/C18H20N6O2/c1-3-19-18(25)24-10-9-14-13(11-24)15(21-23(14)2)17-20-16(22-26-17)12-7-5-4-6-8-12/h4-8H,3,9-11H2,1-2H3,(H,19,25). The lowest BCUT2D eigenvalue weighted by Crippen LogP contribution is -2.42. The SMILES string of the molecule is CCNC(=O)N1CCc2c(c(-c3nc(-c4ccccc4)no3)nn2C)C1. The molecule has 0 bridgehead atoms. The zero-order chi connectivity index (χ0) is 18.1. The molecule has 8 heteroatoms. The van der Waals surface area contributed by atoms with E-state index >= 15 is 0 Å². The van der Waals surface area contributed by atoms with Crippen LogP contribution in [0.3, 0.4) is 0 Å². The molecule has 0 saturated heterocycles. The number of amides is 2. The molecule has 1 aromatic carbocycles.